The first kappa shape index (κ1) is 48.4. The van der Waals surface area contributed by atoms with E-state index >= 15 is 0 Å². The van der Waals surface area contributed by atoms with Crippen molar-refractivity contribution < 1.29 is 28.8 Å². The van der Waals surface area contributed by atoms with Crippen LogP contribution in [-0.2, 0) is 19.2 Å². The number of amides is 6. The third-order valence-electron chi connectivity index (χ3n) is 14.3. The molecule has 2 saturated carbocycles. The van der Waals surface area contributed by atoms with Crippen LogP contribution in [0, 0.1) is 23.7 Å². The van der Waals surface area contributed by atoms with Gasteiger partial charge in [0.1, 0.15) is 0 Å². The minimum Gasteiger partial charge on any atom is -0.356 e. The Labute approximate surface area is 391 Å². The molecule has 0 bridgehead atoms. The molecule has 2 aliphatic carbocycles. The van der Waals surface area contributed by atoms with Gasteiger partial charge in [0.05, 0.1) is 23.7 Å². The number of hydrogen-bond donors (Lipinski definition) is 4. The van der Waals surface area contributed by atoms with Crippen LogP contribution >= 0.6 is 0 Å². The lowest BCUT2D eigenvalue weighted by molar-refractivity contribution is -0.133. The van der Waals surface area contributed by atoms with Gasteiger partial charge in [-0.1, -0.05) is 139 Å². The standard InChI is InChI=1S/C54H72N6O6/c1-3-5-7-9-11-19-29-55-49(61)43-33-59(34-44(43)50(62)56-30-20-12-10-8-6-4-2)53(65)39-25-27-40(28-26-39)54(66)60-35-45(51(63)57-47-31-41(47)37-21-15-13-16-22-37)46(36-60)52(64)58-48-32-42(48)38-23-17-14-18-24-38/h13-18,21-28,41-48H,3-12,19-20,29-36H2,1-2H3,(H,55,61)(H,56,62)(H,57,63)(H,58,64)/t41-,42-,43-,44-,45-,46-,47+,48?/m1/s1. The van der Waals surface area contributed by atoms with E-state index in [1.54, 1.807) is 34.1 Å². The summed E-state index contributed by atoms with van der Waals surface area (Å²) in [6.07, 6.45) is 14.8. The number of rotatable bonds is 24. The van der Waals surface area contributed by atoms with Crippen molar-refractivity contribution >= 4 is 35.4 Å². The number of carbonyl (C=O) groups is 6. The van der Waals surface area contributed by atoms with Gasteiger partial charge in [0.25, 0.3) is 11.8 Å². The summed E-state index contributed by atoms with van der Waals surface area (Å²) >= 11 is 0. The average molecular weight is 901 g/mol. The van der Waals surface area contributed by atoms with Gasteiger partial charge < -0.3 is 31.1 Å². The highest BCUT2D eigenvalue weighted by molar-refractivity contribution is 6.00. The summed E-state index contributed by atoms with van der Waals surface area (Å²) in [6, 6.07) is 26.5. The SMILES string of the molecule is CCCCCCCCNC(=O)[C@@H]1CN(C(=O)c2ccc(C(=O)N3C[C@@H](C(=O)NC4C[C@@H]4c4ccccc4)[C@H](C(=O)N[C@H]4C[C@@H]4c4ccccc4)C3)cc2)C[C@H]1C(=O)NCCCCCCCC. The second-order valence-electron chi connectivity index (χ2n) is 19.3. The van der Waals surface area contributed by atoms with E-state index in [0.717, 1.165) is 51.4 Å². The molecule has 3 aromatic carbocycles. The zero-order chi connectivity index (χ0) is 46.4. The largest absolute Gasteiger partial charge is 0.356 e. The second-order valence-corrected chi connectivity index (χ2v) is 19.3. The van der Waals surface area contributed by atoms with Gasteiger partial charge in [-0.05, 0) is 61.1 Å². The zero-order valence-corrected chi connectivity index (χ0v) is 39.2. The highest BCUT2D eigenvalue weighted by Gasteiger charge is 2.49. The van der Waals surface area contributed by atoms with Gasteiger partial charge in [0, 0.05) is 74.3 Å². The first-order valence-corrected chi connectivity index (χ1v) is 25.1. The Morgan fingerprint density at radius 3 is 1.14 bits per heavy atom. The van der Waals surface area contributed by atoms with Crippen LogP contribution in [0.15, 0.2) is 84.9 Å². The van der Waals surface area contributed by atoms with Gasteiger partial charge in [-0.2, -0.15) is 0 Å². The van der Waals surface area contributed by atoms with Gasteiger partial charge in [-0.15, -0.1) is 0 Å². The molecule has 6 amide bonds. The van der Waals surface area contributed by atoms with Gasteiger partial charge in [0.15, 0.2) is 0 Å². The van der Waals surface area contributed by atoms with Crippen molar-refractivity contribution in [2.24, 2.45) is 23.7 Å². The molecule has 1 unspecified atom stereocenters. The third-order valence-corrected chi connectivity index (χ3v) is 14.3. The number of hydrogen-bond acceptors (Lipinski definition) is 6. The molecular weight excluding hydrogens is 829 g/mol. The molecule has 4 fully saturated rings. The van der Waals surface area contributed by atoms with Gasteiger partial charge >= 0.3 is 0 Å². The molecular formula is C54H72N6O6. The molecule has 2 saturated heterocycles. The normalized spacial score (nSPS) is 24.1. The maximum absolute atomic E-state index is 14.1. The fourth-order valence-corrected chi connectivity index (χ4v) is 10.0. The van der Waals surface area contributed by atoms with Crippen molar-refractivity contribution in [1.82, 2.24) is 31.1 Å². The van der Waals surface area contributed by atoms with Gasteiger partial charge in [0.2, 0.25) is 23.6 Å². The Kier molecular flexibility index (Phi) is 17.4. The van der Waals surface area contributed by atoms with Crippen LogP contribution in [-0.4, -0.2) is 96.6 Å². The molecule has 2 aliphatic heterocycles. The zero-order valence-electron chi connectivity index (χ0n) is 39.2. The summed E-state index contributed by atoms with van der Waals surface area (Å²) in [7, 11) is 0. The van der Waals surface area contributed by atoms with Crippen LogP contribution in [0.4, 0.5) is 0 Å². The highest BCUT2D eigenvalue weighted by Crippen LogP contribution is 2.43. The smallest absolute Gasteiger partial charge is 0.253 e. The molecule has 8 atom stereocenters. The first-order chi connectivity index (χ1) is 32.2. The maximum Gasteiger partial charge on any atom is 0.253 e. The summed E-state index contributed by atoms with van der Waals surface area (Å²) in [5, 5.41) is 12.5. The van der Waals surface area contributed by atoms with Crippen LogP contribution in [0.1, 0.15) is 147 Å². The number of nitrogens with zero attached hydrogens (tertiary/aromatic N) is 2. The average Bonchev–Trinajstić information content (AvgIpc) is 4.18. The third kappa shape index (κ3) is 12.9. The summed E-state index contributed by atoms with van der Waals surface area (Å²) in [5.41, 5.74) is 3.02. The molecule has 3 aromatic rings. The Bertz CT molecular complexity index is 1980. The molecule has 12 heteroatoms. The molecule has 0 aromatic heterocycles. The van der Waals surface area contributed by atoms with Crippen LogP contribution in [0.3, 0.4) is 0 Å². The molecule has 4 aliphatic rings. The van der Waals surface area contributed by atoms with E-state index in [1.807, 2.05) is 36.4 Å². The van der Waals surface area contributed by atoms with Crippen molar-refractivity contribution in [2.45, 2.75) is 128 Å². The van der Waals surface area contributed by atoms with Crippen molar-refractivity contribution in [2.75, 3.05) is 39.3 Å². The van der Waals surface area contributed by atoms with Crippen molar-refractivity contribution in [3.63, 3.8) is 0 Å². The molecule has 4 N–H and O–H groups in total. The van der Waals surface area contributed by atoms with Crippen molar-refractivity contribution in [3.05, 3.63) is 107 Å². The van der Waals surface area contributed by atoms with Crippen molar-refractivity contribution in [3.8, 4) is 0 Å². The second kappa shape index (κ2) is 23.8. The monoisotopic (exact) mass is 901 g/mol. The van der Waals surface area contributed by atoms with Crippen molar-refractivity contribution in [1.29, 1.82) is 0 Å². The molecule has 7 rings (SSSR count). The summed E-state index contributed by atoms with van der Waals surface area (Å²) in [6.45, 7) is 5.88. The molecule has 12 nitrogen and oxygen atoms in total. The van der Waals surface area contributed by atoms with Crippen LogP contribution in [0.25, 0.3) is 0 Å². The Hall–Kier alpha value is -5.52. The number of nitrogens with one attached hydrogen (secondary N) is 4. The Balaban J connectivity index is 0.975. The lowest BCUT2D eigenvalue weighted by Crippen LogP contribution is -2.43. The van der Waals surface area contributed by atoms with Gasteiger partial charge in [-0.3, -0.25) is 28.8 Å². The van der Waals surface area contributed by atoms with Crippen LogP contribution in [0.5, 0.6) is 0 Å². The lowest BCUT2D eigenvalue weighted by Gasteiger charge is -2.18. The number of unbranched alkanes of at least 4 members (excludes halogenated alkanes) is 10. The summed E-state index contributed by atoms with van der Waals surface area (Å²) < 4.78 is 0. The molecule has 0 spiro atoms. The van der Waals surface area contributed by atoms with Crippen LogP contribution in [0.2, 0.25) is 0 Å². The Morgan fingerprint density at radius 1 is 0.439 bits per heavy atom. The Morgan fingerprint density at radius 2 is 0.773 bits per heavy atom. The number of likely N-dealkylation sites (tertiary alicyclic amines) is 2. The first-order valence-electron chi connectivity index (χ1n) is 25.1. The molecule has 354 valence electrons. The van der Waals surface area contributed by atoms with Gasteiger partial charge in [-0.25, -0.2) is 0 Å². The van der Waals surface area contributed by atoms with E-state index in [-0.39, 0.29) is 85.5 Å². The van der Waals surface area contributed by atoms with E-state index in [1.165, 1.54) is 49.7 Å². The maximum atomic E-state index is 14.1. The van der Waals surface area contributed by atoms with Crippen LogP contribution < -0.4 is 21.3 Å². The molecule has 66 heavy (non-hydrogen) atoms. The quantitative estimate of drug-likeness (QED) is 0.0689. The summed E-state index contributed by atoms with van der Waals surface area (Å²) in [5.74, 6) is -3.83. The topological polar surface area (TPSA) is 157 Å². The predicted molar refractivity (Wildman–Crippen MR) is 256 cm³/mol. The number of benzene rings is 3. The van der Waals surface area contributed by atoms with E-state index in [4.69, 9.17) is 0 Å². The van der Waals surface area contributed by atoms with E-state index < -0.39 is 23.7 Å². The number of carbonyl (C=O) groups excluding carboxylic acids is 6. The van der Waals surface area contributed by atoms with E-state index in [9.17, 15) is 28.8 Å². The minimum atomic E-state index is -0.720. The molecule has 2 heterocycles. The minimum absolute atomic E-state index is 0.0236. The lowest BCUT2D eigenvalue weighted by atomic mass is 9.94. The fraction of sp³-hybridized carbons (Fsp3) is 0.556. The fourth-order valence-electron chi connectivity index (χ4n) is 10.0. The van der Waals surface area contributed by atoms with E-state index in [2.05, 4.69) is 59.4 Å². The molecule has 0 radical (unpaired) electrons. The predicted octanol–water partition coefficient (Wildman–Crippen LogP) is 7.36. The summed E-state index contributed by atoms with van der Waals surface area (Å²) in [4.78, 5) is 86.4. The van der Waals surface area contributed by atoms with E-state index in [0.29, 0.717) is 24.2 Å². The highest BCUT2D eigenvalue weighted by atomic mass is 16.2.